The molecule has 0 saturated carbocycles. The lowest BCUT2D eigenvalue weighted by atomic mass is 10.1. The number of ether oxygens (including phenoxy) is 1. The van der Waals surface area contributed by atoms with E-state index in [0.717, 1.165) is 6.42 Å². The van der Waals surface area contributed by atoms with Gasteiger partial charge in [0.25, 0.3) is 0 Å². The van der Waals surface area contributed by atoms with Crippen molar-refractivity contribution in [2.45, 2.75) is 58.6 Å². The zero-order chi connectivity index (χ0) is 14.6. The van der Waals surface area contributed by atoms with E-state index in [1.807, 2.05) is 27.7 Å². The summed E-state index contributed by atoms with van der Waals surface area (Å²) in [6.45, 7) is 8.16. The SMILES string of the molecule is CCCC(C(=O)OC(C)(C)C)N1CC(CS)CC1=O. The van der Waals surface area contributed by atoms with Crippen molar-refractivity contribution in [2.75, 3.05) is 12.3 Å². The van der Waals surface area contributed by atoms with Crippen molar-refractivity contribution >= 4 is 24.5 Å². The van der Waals surface area contributed by atoms with Crippen molar-refractivity contribution in [2.24, 2.45) is 5.92 Å². The van der Waals surface area contributed by atoms with Gasteiger partial charge in [0.1, 0.15) is 11.6 Å². The Hall–Kier alpha value is -0.710. The highest BCUT2D eigenvalue weighted by Gasteiger charge is 2.38. The third-order valence-electron chi connectivity index (χ3n) is 3.11. The van der Waals surface area contributed by atoms with E-state index in [0.29, 0.717) is 25.1 Å². The first-order chi connectivity index (χ1) is 8.78. The van der Waals surface area contributed by atoms with Crippen LogP contribution >= 0.6 is 12.6 Å². The third-order valence-corrected chi connectivity index (χ3v) is 3.63. The standard InChI is InChI=1S/C14H25NO3S/c1-5-6-11(13(17)18-14(2,3)4)15-8-10(9-19)7-12(15)16/h10-11,19H,5-9H2,1-4H3. The van der Waals surface area contributed by atoms with E-state index in [1.54, 1.807) is 4.90 Å². The van der Waals surface area contributed by atoms with E-state index in [4.69, 9.17) is 4.74 Å². The molecule has 1 amide bonds. The Morgan fingerprint density at radius 2 is 2.16 bits per heavy atom. The molecule has 0 aromatic heterocycles. The molecular formula is C14H25NO3S. The highest BCUT2D eigenvalue weighted by Crippen LogP contribution is 2.24. The van der Waals surface area contributed by atoms with Gasteiger partial charge in [-0.1, -0.05) is 13.3 Å². The lowest BCUT2D eigenvalue weighted by molar-refractivity contribution is -0.164. The molecule has 19 heavy (non-hydrogen) atoms. The van der Waals surface area contributed by atoms with E-state index in [9.17, 15) is 9.59 Å². The van der Waals surface area contributed by atoms with E-state index in [-0.39, 0.29) is 17.8 Å². The van der Waals surface area contributed by atoms with Crippen molar-refractivity contribution < 1.29 is 14.3 Å². The van der Waals surface area contributed by atoms with E-state index >= 15 is 0 Å². The molecule has 1 saturated heterocycles. The molecule has 2 atom stereocenters. The zero-order valence-corrected chi connectivity index (χ0v) is 13.2. The van der Waals surface area contributed by atoms with Crippen LogP contribution in [0.15, 0.2) is 0 Å². The minimum atomic E-state index is -0.519. The summed E-state index contributed by atoms with van der Waals surface area (Å²) < 4.78 is 5.43. The molecule has 1 rings (SSSR count). The Balaban J connectivity index is 2.77. The molecule has 4 nitrogen and oxygen atoms in total. The highest BCUT2D eigenvalue weighted by atomic mass is 32.1. The average molecular weight is 287 g/mol. The Morgan fingerprint density at radius 1 is 1.53 bits per heavy atom. The molecule has 0 aromatic carbocycles. The molecule has 5 heteroatoms. The summed E-state index contributed by atoms with van der Waals surface area (Å²) in [6, 6.07) is -0.443. The maximum Gasteiger partial charge on any atom is 0.329 e. The summed E-state index contributed by atoms with van der Waals surface area (Å²) >= 11 is 4.24. The quantitative estimate of drug-likeness (QED) is 0.623. The van der Waals surface area contributed by atoms with Gasteiger partial charge in [-0.3, -0.25) is 4.79 Å². The van der Waals surface area contributed by atoms with Crippen LogP contribution in [0.2, 0.25) is 0 Å². The van der Waals surface area contributed by atoms with Gasteiger partial charge in [-0.05, 0) is 38.9 Å². The maximum absolute atomic E-state index is 12.2. The number of nitrogens with zero attached hydrogens (tertiary/aromatic N) is 1. The topological polar surface area (TPSA) is 46.6 Å². The first-order valence-corrected chi connectivity index (χ1v) is 7.55. The van der Waals surface area contributed by atoms with Crippen molar-refractivity contribution in [3.05, 3.63) is 0 Å². The van der Waals surface area contributed by atoms with Gasteiger partial charge in [0, 0.05) is 13.0 Å². The summed E-state index contributed by atoms with van der Waals surface area (Å²) in [6.07, 6.45) is 1.99. The zero-order valence-electron chi connectivity index (χ0n) is 12.3. The van der Waals surface area contributed by atoms with Gasteiger partial charge < -0.3 is 9.64 Å². The number of carbonyl (C=O) groups excluding carboxylic acids is 2. The third kappa shape index (κ3) is 4.71. The second-order valence-electron chi connectivity index (χ2n) is 6.14. The maximum atomic E-state index is 12.2. The smallest absolute Gasteiger partial charge is 0.329 e. The summed E-state index contributed by atoms with van der Waals surface area (Å²) in [7, 11) is 0. The van der Waals surface area contributed by atoms with Crippen molar-refractivity contribution in [3.63, 3.8) is 0 Å². The molecule has 0 aromatic rings. The molecule has 1 aliphatic rings. The monoisotopic (exact) mass is 287 g/mol. The Bertz CT molecular complexity index is 338. The van der Waals surface area contributed by atoms with Gasteiger partial charge in [-0.2, -0.15) is 12.6 Å². The van der Waals surface area contributed by atoms with Gasteiger partial charge in [0.15, 0.2) is 0 Å². The van der Waals surface area contributed by atoms with Gasteiger partial charge >= 0.3 is 5.97 Å². The molecular weight excluding hydrogens is 262 g/mol. The molecule has 110 valence electrons. The van der Waals surface area contributed by atoms with Gasteiger partial charge in [0.05, 0.1) is 0 Å². The number of amides is 1. The number of likely N-dealkylation sites (tertiary alicyclic amines) is 1. The van der Waals surface area contributed by atoms with Crippen LogP contribution in [-0.2, 0) is 14.3 Å². The number of rotatable bonds is 5. The van der Waals surface area contributed by atoms with Crippen LogP contribution in [0.3, 0.4) is 0 Å². The van der Waals surface area contributed by atoms with E-state index in [2.05, 4.69) is 12.6 Å². The normalized spacial score (nSPS) is 21.6. The fourth-order valence-corrected chi connectivity index (χ4v) is 2.52. The van der Waals surface area contributed by atoms with Crippen molar-refractivity contribution in [3.8, 4) is 0 Å². The average Bonchev–Trinajstić information content (AvgIpc) is 2.65. The number of thiol groups is 1. The molecule has 1 fully saturated rings. The Morgan fingerprint density at radius 3 is 2.58 bits per heavy atom. The first kappa shape index (κ1) is 16.3. The predicted octanol–water partition coefficient (Wildman–Crippen LogP) is 2.28. The van der Waals surface area contributed by atoms with Gasteiger partial charge in [-0.15, -0.1) is 0 Å². The van der Waals surface area contributed by atoms with E-state index < -0.39 is 11.6 Å². The molecule has 0 bridgehead atoms. The van der Waals surface area contributed by atoms with Crippen LogP contribution in [0.4, 0.5) is 0 Å². The Kier molecular flexibility index (Phi) is 5.71. The van der Waals surface area contributed by atoms with Crippen LogP contribution < -0.4 is 0 Å². The van der Waals surface area contributed by atoms with Crippen LogP contribution in [0.25, 0.3) is 0 Å². The van der Waals surface area contributed by atoms with Crippen LogP contribution in [0.1, 0.15) is 47.0 Å². The van der Waals surface area contributed by atoms with Crippen LogP contribution in [-0.4, -0.2) is 40.7 Å². The lowest BCUT2D eigenvalue weighted by Crippen LogP contribution is -2.45. The number of hydrogen-bond donors (Lipinski definition) is 1. The lowest BCUT2D eigenvalue weighted by Gasteiger charge is -2.29. The number of esters is 1. The predicted molar refractivity (Wildman–Crippen MR) is 78.2 cm³/mol. The molecule has 1 heterocycles. The fourth-order valence-electron chi connectivity index (χ4n) is 2.28. The molecule has 0 spiro atoms. The second kappa shape index (κ2) is 6.64. The highest BCUT2D eigenvalue weighted by molar-refractivity contribution is 7.80. The summed E-state index contributed by atoms with van der Waals surface area (Å²) in [4.78, 5) is 25.9. The van der Waals surface area contributed by atoms with Crippen LogP contribution in [0, 0.1) is 5.92 Å². The molecule has 0 radical (unpaired) electrons. The van der Waals surface area contributed by atoms with Gasteiger partial charge in [-0.25, -0.2) is 4.79 Å². The minimum Gasteiger partial charge on any atom is -0.458 e. The number of hydrogen-bond acceptors (Lipinski definition) is 4. The Labute approximate surface area is 121 Å². The largest absolute Gasteiger partial charge is 0.458 e. The number of carbonyl (C=O) groups is 2. The minimum absolute atomic E-state index is 0.0448. The molecule has 2 unspecified atom stereocenters. The van der Waals surface area contributed by atoms with Crippen LogP contribution in [0.5, 0.6) is 0 Å². The summed E-state index contributed by atoms with van der Waals surface area (Å²) in [5, 5.41) is 0. The summed E-state index contributed by atoms with van der Waals surface area (Å²) in [5.41, 5.74) is -0.519. The van der Waals surface area contributed by atoms with Crippen molar-refractivity contribution in [1.29, 1.82) is 0 Å². The second-order valence-corrected chi connectivity index (χ2v) is 6.50. The molecule has 0 N–H and O–H groups in total. The molecule has 0 aliphatic carbocycles. The molecule has 1 aliphatic heterocycles. The first-order valence-electron chi connectivity index (χ1n) is 6.91. The summed E-state index contributed by atoms with van der Waals surface area (Å²) in [5.74, 6) is 0.679. The fraction of sp³-hybridized carbons (Fsp3) is 0.857. The van der Waals surface area contributed by atoms with Gasteiger partial charge in [0.2, 0.25) is 5.91 Å². The van der Waals surface area contributed by atoms with Crippen molar-refractivity contribution in [1.82, 2.24) is 4.90 Å². The van der Waals surface area contributed by atoms with E-state index in [1.165, 1.54) is 0 Å².